The van der Waals surface area contributed by atoms with Crippen LogP contribution < -0.4 is 10.5 Å². The number of fused-ring (bicyclic) bond motifs is 1. The molecule has 2 aromatic carbocycles. The van der Waals surface area contributed by atoms with E-state index in [4.69, 9.17) is 10.5 Å². The molecule has 0 saturated heterocycles. The fraction of sp³-hybridized carbons (Fsp3) is 0.200. The number of nitrogens with zero attached hydrogens (tertiary/aromatic N) is 3. The van der Waals surface area contributed by atoms with E-state index in [1.807, 2.05) is 36.4 Å². The number of ether oxygens (including phenoxy) is 1. The zero-order chi connectivity index (χ0) is 13.9. The molecule has 0 radical (unpaired) electrons. The molecular formula is C15H16N4O. The Hall–Kier alpha value is -2.56. The summed E-state index contributed by atoms with van der Waals surface area (Å²) in [7, 11) is 0. The number of aromatic nitrogens is 3. The lowest BCUT2D eigenvalue weighted by atomic mass is 10.2. The molecule has 0 aliphatic heterocycles. The van der Waals surface area contributed by atoms with E-state index in [1.165, 1.54) is 0 Å². The summed E-state index contributed by atoms with van der Waals surface area (Å²) in [5, 5.41) is 8.90. The van der Waals surface area contributed by atoms with E-state index in [0.717, 1.165) is 23.1 Å². The molecule has 20 heavy (non-hydrogen) atoms. The summed E-state index contributed by atoms with van der Waals surface area (Å²) in [5.41, 5.74) is 9.01. The van der Waals surface area contributed by atoms with Gasteiger partial charge in [-0.2, -0.15) is 4.80 Å². The Bertz CT molecular complexity index is 721. The molecule has 5 heteroatoms. The van der Waals surface area contributed by atoms with Gasteiger partial charge in [0.1, 0.15) is 16.8 Å². The van der Waals surface area contributed by atoms with Crippen molar-refractivity contribution in [1.29, 1.82) is 0 Å². The van der Waals surface area contributed by atoms with E-state index in [0.29, 0.717) is 18.0 Å². The quantitative estimate of drug-likeness (QED) is 0.739. The summed E-state index contributed by atoms with van der Waals surface area (Å²) < 4.78 is 5.61. The largest absolute Gasteiger partial charge is 0.491 e. The van der Waals surface area contributed by atoms with Crippen molar-refractivity contribution in [3.8, 4) is 11.4 Å². The summed E-state index contributed by atoms with van der Waals surface area (Å²) in [6.07, 6.45) is 0.939. The van der Waals surface area contributed by atoms with Crippen molar-refractivity contribution in [2.75, 3.05) is 12.3 Å². The third-order valence-corrected chi connectivity index (χ3v) is 2.96. The monoisotopic (exact) mass is 268 g/mol. The van der Waals surface area contributed by atoms with Crippen molar-refractivity contribution in [2.45, 2.75) is 13.3 Å². The van der Waals surface area contributed by atoms with Gasteiger partial charge >= 0.3 is 0 Å². The average Bonchev–Trinajstić information content (AvgIpc) is 2.88. The Morgan fingerprint density at radius 3 is 2.50 bits per heavy atom. The molecule has 0 aliphatic carbocycles. The maximum atomic E-state index is 5.97. The molecule has 0 amide bonds. The molecule has 0 aliphatic rings. The zero-order valence-electron chi connectivity index (χ0n) is 11.3. The highest BCUT2D eigenvalue weighted by Gasteiger charge is 2.09. The Kier molecular flexibility index (Phi) is 3.25. The smallest absolute Gasteiger partial charge is 0.144 e. The third kappa shape index (κ3) is 2.30. The van der Waals surface area contributed by atoms with Gasteiger partial charge in [0.05, 0.1) is 18.0 Å². The highest BCUT2D eigenvalue weighted by atomic mass is 16.5. The van der Waals surface area contributed by atoms with Gasteiger partial charge in [-0.3, -0.25) is 0 Å². The van der Waals surface area contributed by atoms with Crippen molar-refractivity contribution in [2.24, 2.45) is 0 Å². The molecule has 0 spiro atoms. The van der Waals surface area contributed by atoms with Crippen LogP contribution in [0.1, 0.15) is 13.3 Å². The highest BCUT2D eigenvalue weighted by molar-refractivity contribution is 5.81. The molecule has 0 atom stereocenters. The van der Waals surface area contributed by atoms with Crippen LogP contribution in [-0.2, 0) is 0 Å². The van der Waals surface area contributed by atoms with Gasteiger partial charge in [0, 0.05) is 6.07 Å². The fourth-order valence-corrected chi connectivity index (χ4v) is 1.97. The number of hydrogen-bond acceptors (Lipinski definition) is 4. The fourth-order valence-electron chi connectivity index (χ4n) is 1.97. The first-order valence-electron chi connectivity index (χ1n) is 6.62. The van der Waals surface area contributed by atoms with Crippen LogP contribution in [0, 0.1) is 0 Å². The van der Waals surface area contributed by atoms with Gasteiger partial charge in [0.25, 0.3) is 0 Å². The molecule has 1 aromatic heterocycles. The first-order valence-corrected chi connectivity index (χ1v) is 6.62. The molecule has 3 aromatic rings. The van der Waals surface area contributed by atoms with Crippen LogP contribution in [0.3, 0.4) is 0 Å². The van der Waals surface area contributed by atoms with E-state index < -0.39 is 0 Å². The standard InChI is InChI=1S/C15H16N4O/c1-2-8-20-15-10-14-13(9-12(15)16)17-19(18-14)11-6-4-3-5-7-11/h3-7,9-10H,2,8,16H2,1H3. The molecule has 2 N–H and O–H groups in total. The SMILES string of the molecule is CCCOc1cc2nn(-c3ccccc3)nc2cc1N. The topological polar surface area (TPSA) is 66.0 Å². The minimum Gasteiger partial charge on any atom is -0.491 e. The van der Waals surface area contributed by atoms with Crippen LogP contribution >= 0.6 is 0 Å². The molecule has 0 fully saturated rings. The van der Waals surface area contributed by atoms with Crippen molar-refractivity contribution in [3.05, 3.63) is 42.5 Å². The van der Waals surface area contributed by atoms with Crippen molar-refractivity contribution < 1.29 is 4.74 Å². The molecule has 3 rings (SSSR count). The summed E-state index contributed by atoms with van der Waals surface area (Å²) in [6, 6.07) is 13.4. The highest BCUT2D eigenvalue weighted by Crippen LogP contribution is 2.26. The Morgan fingerprint density at radius 1 is 1.10 bits per heavy atom. The molecule has 1 heterocycles. The van der Waals surface area contributed by atoms with Crippen molar-refractivity contribution in [1.82, 2.24) is 15.0 Å². The number of nitrogen functional groups attached to an aromatic ring is 1. The first-order chi connectivity index (χ1) is 9.78. The van der Waals surface area contributed by atoms with Crippen LogP contribution in [-0.4, -0.2) is 21.6 Å². The first kappa shape index (κ1) is 12.5. The normalized spacial score (nSPS) is 10.8. The van der Waals surface area contributed by atoms with E-state index in [-0.39, 0.29) is 0 Å². The van der Waals surface area contributed by atoms with Crippen LogP contribution in [0.2, 0.25) is 0 Å². The second kappa shape index (κ2) is 5.21. The summed E-state index contributed by atoms with van der Waals surface area (Å²) in [6.45, 7) is 2.70. The van der Waals surface area contributed by atoms with E-state index >= 15 is 0 Å². The molecule has 0 unspecified atom stereocenters. The van der Waals surface area contributed by atoms with Crippen LogP contribution in [0.5, 0.6) is 5.75 Å². The molecule has 5 nitrogen and oxygen atoms in total. The predicted molar refractivity (Wildman–Crippen MR) is 79.1 cm³/mol. The van der Waals surface area contributed by atoms with Gasteiger partial charge in [-0.1, -0.05) is 25.1 Å². The minimum atomic E-state index is 0.589. The zero-order valence-corrected chi connectivity index (χ0v) is 11.3. The summed E-state index contributed by atoms with van der Waals surface area (Å²) in [5.74, 6) is 0.666. The van der Waals surface area contributed by atoms with Gasteiger partial charge in [0.2, 0.25) is 0 Å². The Morgan fingerprint density at radius 2 is 1.80 bits per heavy atom. The van der Waals surface area contributed by atoms with Crippen molar-refractivity contribution >= 4 is 16.7 Å². The Balaban J connectivity index is 2.03. The van der Waals surface area contributed by atoms with Crippen molar-refractivity contribution in [3.63, 3.8) is 0 Å². The Labute approximate surface area is 117 Å². The second-order valence-electron chi connectivity index (χ2n) is 4.55. The third-order valence-electron chi connectivity index (χ3n) is 2.96. The minimum absolute atomic E-state index is 0.589. The number of benzene rings is 2. The van der Waals surface area contributed by atoms with Gasteiger partial charge in [-0.25, -0.2) is 0 Å². The van der Waals surface area contributed by atoms with Crippen LogP contribution in [0.15, 0.2) is 42.5 Å². The lowest BCUT2D eigenvalue weighted by molar-refractivity contribution is 0.319. The number of hydrogen-bond donors (Lipinski definition) is 1. The number of nitrogens with two attached hydrogens (primary N) is 1. The average molecular weight is 268 g/mol. The maximum Gasteiger partial charge on any atom is 0.144 e. The second-order valence-corrected chi connectivity index (χ2v) is 4.55. The molecule has 102 valence electrons. The number of para-hydroxylation sites is 1. The number of anilines is 1. The van der Waals surface area contributed by atoms with Crippen LogP contribution in [0.25, 0.3) is 16.7 Å². The maximum absolute atomic E-state index is 5.97. The molecule has 0 bridgehead atoms. The lowest BCUT2D eigenvalue weighted by Gasteiger charge is -2.06. The van der Waals surface area contributed by atoms with Gasteiger partial charge in [-0.15, -0.1) is 10.2 Å². The number of rotatable bonds is 4. The lowest BCUT2D eigenvalue weighted by Crippen LogP contribution is -1.98. The summed E-state index contributed by atoms with van der Waals surface area (Å²) >= 11 is 0. The van der Waals surface area contributed by atoms with Gasteiger partial charge in [-0.05, 0) is 24.6 Å². The molecule has 0 saturated carbocycles. The van der Waals surface area contributed by atoms with E-state index in [9.17, 15) is 0 Å². The van der Waals surface area contributed by atoms with E-state index in [1.54, 1.807) is 10.9 Å². The summed E-state index contributed by atoms with van der Waals surface area (Å²) in [4.78, 5) is 1.60. The molecular weight excluding hydrogens is 252 g/mol. The predicted octanol–water partition coefficient (Wildman–Crippen LogP) is 2.79. The van der Waals surface area contributed by atoms with Crippen LogP contribution in [0.4, 0.5) is 5.69 Å². The van der Waals surface area contributed by atoms with E-state index in [2.05, 4.69) is 17.1 Å². The van der Waals surface area contributed by atoms with Gasteiger partial charge in [0.15, 0.2) is 0 Å². The van der Waals surface area contributed by atoms with Gasteiger partial charge < -0.3 is 10.5 Å².